The molecular formula is C16H23NS2. The van der Waals surface area contributed by atoms with E-state index in [1.54, 1.807) is 0 Å². The van der Waals surface area contributed by atoms with Crippen LogP contribution < -0.4 is 0 Å². The third kappa shape index (κ3) is 3.51. The van der Waals surface area contributed by atoms with Crippen LogP contribution in [0.3, 0.4) is 0 Å². The number of fused-ring (bicyclic) bond motifs is 1. The summed E-state index contributed by atoms with van der Waals surface area (Å²) in [4.78, 5) is 1.42. The number of unbranched alkanes of at least 4 members (excludes halogenated alkanes) is 1. The highest BCUT2D eigenvalue weighted by Gasteiger charge is 2.12. The molecule has 1 aromatic carbocycles. The molecule has 0 saturated heterocycles. The van der Waals surface area contributed by atoms with Crippen LogP contribution in [0.25, 0.3) is 10.9 Å². The number of thioether (sulfide) groups is 2. The van der Waals surface area contributed by atoms with Gasteiger partial charge in [0.15, 0.2) is 0 Å². The maximum Gasteiger partial charge on any atom is 0.0766 e. The normalized spacial score (nSPS) is 13.0. The molecule has 1 unspecified atom stereocenters. The fourth-order valence-electron chi connectivity index (χ4n) is 2.22. The van der Waals surface area contributed by atoms with Crippen LogP contribution in [0.1, 0.15) is 39.0 Å². The number of para-hydroxylation sites is 1. The summed E-state index contributed by atoms with van der Waals surface area (Å²) in [6.07, 6.45) is 4.93. The third-order valence-electron chi connectivity index (χ3n) is 3.25. The molecule has 1 aromatic heterocycles. The zero-order valence-corrected chi connectivity index (χ0v) is 13.7. The van der Waals surface area contributed by atoms with Crippen LogP contribution in [0.5, 0.6) is 0 Å². The molecule has 0 aliphatic heterocycles. The predicted octanol–water partition coefficient (Wildman–Crippen LogP) is 5.81. The first kappa shape index (κ1) is 14.9. The van der Waals surface area contributed by atoms with Crippen molar-refractivity contribution < 1.29 is 0 Å². The van der Waals surface area contributed by atoms with Gasteiger partial charge in [-0.2, -0.15) is 0 Å². The topological polar surface area (TPSA) is 4.93 Å². The monoisotopic (exact) mass is 293 g/mol. The molecule has 1 atom stereocenters. The van der Waals surface area contributed by atoms with Gasteiger partial charge in [-0.05, 0) is 30.9 Å². The van der Waals surface area contributed by atoms with Crippen LogP contribution in [-0.2, 0) is 0 Å². The number of nitrogens with zero attached hydrogens (tertiary/aromatic N) is 1. The number of hydrogen-bond donors (Lipinski definition) is 0. The Morgan fingerprint density at radius 3 is 2.74 bits per heavy atom. The van der Waals surface area contributed by atoms with Gasteiger partial charge in [0, 0.05) is 16.5 Å². The van der Waals surface area contributed by atoms with Crippen molar-refractivity contribution in [2.24, 2.45) is 0 Å². The van der Waals surface area contributed by atoms with Gasteiger partial charge in [0.1, 0.15) is 0 Å². The van der Waals surface area contributed by atoms with Crippen LogP contribution in [0, 0.1) is 0 Å². The zero-order chi connectivity index (χ0) is 13.7. The Labute approximate surface area is 125 Å². The van der Waals surface area contributed by atoms with E-state index in [1.165, 1.54) is 34.4 Å². The summed E-state index contributed by atoms with van der Waals surface area (Å²) in [6.45, 7) is 6.79. The van der Waals surface area contributed by atoms with Gasteiger partial charge in [-0.3, -0.25) is 0 Å². The Hall–Kier alpha value is -0.540. The molecule has 0 bridgehead atoms. The Bertz CT molecular complexity index is 518. The SMILES string of the molecule is CCCCSC(C)n1cc(SCC)c2ccccc21. The van der Waals surface area contributed by atoms with E-state index in [2.05, 4.69) is 67.6 Å². The van der Waals surface area contributed by atoms with Crippen molar-refractivity contribution in [2.75, 3.05) is 11.5 Å². The fraction of sp³-hybridized carbons (Fsp3) is 0.500. The van der Waals surface area contributed by atoms with Gasteiger partial charge < -0.3 is 4.57 Å². The molecule has 0 aliphatic rings. The van der Waals surface area contributed by atoms with Crippen molar-refractivity contribution in [3.05, 3.63) is 30.5 Å². The van der Waals surface area contributed by atoms with Crippen molar-refractivity contribution in [2.45, 2.75) is 43.9 Å². The molecule has 0 amide bonds. The van der Waals surface area contributed by atoms with Crippen molar-refractivity contribution in [3.8, 4) is 0 Å². The van der Waals surface area contributed by atoms with Gasteiger partial charge in [0.05, 0.1) is 10.9 Å². The molecule has 104 valence electrons. The molecule has 0 aliphatic carbocycles. The second kappa shape index (κ2) is 7.30. The van der Waals surface area contributed by atoms with E-state index >= 15 is 0 Å². The van der Waals surface area contributed by atoms with Crippen LogP contribution >= 0.6 is 23.5 Å². The van der Waals surface area contributed by atoms with E-state index in [1.807, 2.05) is 11.8 Å². The maximum absolute atomic E-state index is 2.44. The summed E-state index contributed by atoms with van der Waals surface area (Å²) in [5, 5.41) is 1.92. The summed E-state index contributed by atoms with van der Waals surface area (Å²) in [5.74, 6) is 2.38. The first-order valence-corrected chi connectivity index (χ1v) is 9.15. The van der Waals surface area contributed by atoms with Crippen LogP contribution in [0.4, 0.5) is 0 Å². The Morgan fingerprint density at radius 2 is 2.00 bits per heavy atom. The Kier molecular flexibility index (Phi) is 5.71. The van der Waals surface area contributed by atoms with Gasteiger partial charge in [0.25, 0.3) is 0 Å². The number of hydrogen-bond acceptors (Lipinski definition) is 2. The standard InChI is InChI=1S/C16H23NS2/c1-4-6-11-19-13(3)17-12-16(18-5-2)14-9-7-8-10-15(14)17/h7-10,12-13H,4-6,11H2,1-3H3. The van der Waals surface area contributed by atoms with Crippen LogP contribution in [-0.4, -0.2) is 16.1 Å². The Balaban J connectivity index is 2.26. The molecule has 3 heteroatoms. The van der Waals surface area contributed by atoms with Crippen LogP contribution in [0.2, 0.25) is 0 Å². The van der Waals surface area contributed by atoms with Crippen molar-refractivity contribution in [1.29, 1.82) is 0 Å². The lowest BCUT2D eigenvalue weighted by Crippen LogP contribution is -2.00. The molecule has 2 aromatic rings. The van der Waals surface area contributed by atoms with Crippen molar-refractivity contribution in [1.82, 2.24) is 4.57 Å². The zero-order valence-electron chi connectivity index (χ0n) is 12.1. The van der Waals surface area contributed by atoms with Gasteiger partial charge in [-0.1, -0.05) is 38.5 Å². The van der Waals surface area contributed by atoms with Crippen molar-refractivity contribution in [3.63, 3.8) is 0 Å². The van der Waals surface area contributed by atoms with E-state index in [0.29, 0.717) is 5.37 Å². The Morgan fingerprint density at radius 1 is 1.21 bits per heavy atom. The fourth-order valence-corrected chi connectivity index (χ4v) is 4.18. The minimum absolute atomic E-state index is 0.516. The minimum Gasteiger partial charge on any atom is -0.334 e. The van der Waals surface area contributed by atoms with E-state index in [4.69, 9.17) is 0 Å². The van der Waals surface area contributed by atoms with Gasteiger partial charge in [0.2, 0.25) is 0 Å². The quantitative estimate of drug-likeness (QED) is 0.469. The first-order valence-electron chi connectivity index (χ1n) is 7.11. The molecule has 0 spiro atoms. The van der Waals surface area contributed by atoms with Crippen molar-refractivity contribution >= 4 is 34.4 Å². The number of rotatable bonds is 7. The molecule has 0 N–H and O–H groups in total. The largest absolute Gasteiger partial charge is 0.334 e. The lowest BCUT2D eigenvalue weighted by molar-refractivity contribution is 0.762. The summed E-state index contributed by atoms with van der Waals surface area (Å²) in [6, 6.07) is 8.77. The highest BCUT2D eigenvalue weighted by Crippen LogP contribution is 2.35. The summed E-state index contributed by atoms with van der Waals surface area (Å²) in [5.41, 5.74) is 1.37. The van der Waals surface area contributed by atoms with Gasteiger partial charge in [-0.15, -0.1) is 23.5 Å². The highest BCUT2D eigenvalue weighted by atomic mass is 32.2. The van der Waals surface area contributed by atoms with Crippen LogP contribution in [0.15, 0.2) is 35.4 Å². The molecule has 0 radical (unpaired) electrons. The highest BCUT2D eigenvalue weighted by molar-refractivity contribution is 7.99. The molecule has 1 nitrogen and oxygen atoms in total. The third-order valence-corrected chi connectivity index (χ3v) is 5.41. The summed E-state index contributed by atoms with van der Waals surface area (Å²) < 4.78 is 2.44. The first-order chi connectivity index (χ1) is 9.27. The molecule has 0 saturated carbocycles. The maximum atomic E-state index is 2.44. The van der Waals surface area contributed by atoms with E-state index in [9.17, 15) is 0 Å². The second-order valence-corrected chi connectivity index (χ2v) is 7.40. The molecular weight excluding hydrogens is 270 g/mol. The van der Waals surface area contributed by atoms with Gasteiger partial charge >= 0.3 is 0 Å². The van der Waals surface area contributed by atoms with E-state index < -0.39 is 0 Å². The molecule has 2 rings (SSSR count). The molecule has 19 heavy (non-hydrogen) atoms. The molecule has 0 fully saturated rings. The minimum atomic E-state index is 0.516. The summed E-state index contributed by atoms with van der Waals surface area (Å²) in [7, 11) is 0. The summed E-state index contributed by atoms with van der Waals surface area (Å²) >= 11 is 4.00. The average Bonchev–Trinajstić information content (AvgIpc) is 2.79. The number of benzene rings is 1. The average molecular weight is 294 g/mol. The lowest BCUT2D eigenvalue weighted by atomic mass is 10.2. The smallest absolute Gasteiger partial charge is 0.0766 e. The predicted molar refractivity (Wildman–Crippen MR) is 90.4 cm³/mol. The van der Waals surface area contributed by atoms with Gasteiger partial charge in [-0.25, -0.2) is 0 Å². The lowest BCUT2D eigenvalue weighted by Gasteiger charge is -2.14. The second-order valence-electron chi connectivity index (χ2n) is 4.67. The molecule has 1 heterocycles. The van der Waals surface area contributed by atoms with E-state index in [-0.39, 0.29) is 0 Å². The van der Waals surface area contributed by atoms with E-state index in [0.717, 1.165) is 5.75 Å². The number of aromatic nitrogens is 1.